The molecule has 0 N–H and O–H groups in total. The van der Waals surface area contributed by atoms with E-state index in [9.17, 15) is 0 Å². The lowest BCUT2D eigenvalue weighted by molar-refractivity contribution is 0.653. The van der Waals surface area contributed by atoms with Crippen LogP contribution >= 0.6 is 0 Å². The van der Waals surface area contributed by atoms with Crippen molar-refractivity contribution < 1.29 is 8.83 Å². The number of hydrogen-bond acceptors (Lipinski definition) is 4. The summed E-state index contributed by atoms with van der Waals surface area (Å²) in [7, 11) is 0. The van der Waals surface area contributed by atoms with E-state index in [0.29, 0.717) is 11.5 Å². The van der Waals surface area contributed by atoms with Gasteiger partial charge in [0.2, 0.25) is 5.71 Å². The Morgan fingerprint density at radius 3 is 1.74 bits per heavy atom. The van der Waals surface area contributed by atoms with Crippen LogP contribution in [0.1, 0.15) is 0 Å². The molecule has 8 aromatic carbocycles. The van der Waals surface area contributed by atoms with Crippen molar-refractivity contribution in [2.24, 2.45) is 0 Å². The smallest absolute Gasteiger partial charge is 0.231 e. The lowest BCUT2D eigenvalue weighted by Gasteiger charge is -2.09. The Kier molecular flexibility index (Phi) is 6.86. The molecule has 12 aromatic rings. The number of para-hydroxylation sites is 2. The summed E-state index contributed by atoms with van der Waals surface area (Å²) in [5.41, 5.74) is 13.6. The molecular weight excluding hydrogens is 699 g/mol. The zero-order chi connectivity index (χ0) is 37.5. The van der Waals surface area contributed by atoms with Crippen LogP contribution < -0.4 is 0 Å². The lowest BCUT2D eigenvalue weighted by atomic mass is 9.99. The number of hydrogen-bond donors (Lipinski definition) is 0. The minimum atomic E-state index is 0.549. The van der Waals surface area contributed by atoms with Crippen LogP contribution in [0.4, 0.5) is 0 Å². The molecule has 0 saturated heterocycles. The average molecular weight is 730 g/mol. The minimum Gasteiger partial charge on any atom is -0.456 e. The predicted octanol–water partition coefficient (Wildman–Crippen LogP) is 14.0. The second-order valence-corrected chi connectivity index (χ2v) is 14.5. The first kappa shape index (κ1) is 31.6. The summed E-state index contributed by atoms with van der Waals surface area (Å²) in [6, 6.07) is 65.6. The summed E-state index contributed by atoms with van der Waals surface area (Å²) in [6.07, 6.45) is 0. The fourth-order valence-electron chi connectivity index (χ4n) is 8.61. The van der Waals surface area contributed by atoms with Crippen molar-refractivity contribution in [2.75, 3.05) is 0 Å². The van der Waals surface area contributed by atoms with Crippen molar-refractivity contribution >= 4 is 65.8 Å². The zero-order valence-electron chi connectivity index (χ0n) is 30.6. The Morgan fingerprint density at radius 1 is 0.368 bits per heavy atom. The number of aromatic nitrogens is 3. The standard InChI is InChI=1S/C52H31N3O2/c1-4-13-32(14-5-1)34-24-28-46-42(30-34)49-50(33-15-6-2-7-16-33)53-51(54-52(49)57-46)39-20-12-22-47-48(39)41-31-36(25-27-45(41)56-47)35-23-26-44-40(29-35)38-19-10-11-21-43(38)55(44)37-17-8-3-9-18-37/h1-31H. The summed E-state index contributed by atoms with van der Waals surface area (Å²) in [4.78, 5) is 10.5. The minimum absolute atomic E-state index is 0.549. The third kappa shape index (κ3) is 4.96. The summed E-state index contributed by atoms with van der Waals surface area (Å²) in [5.74, 6) is 0.581. The maximum absolute atomic E-state index is 6.54. The van der Waals surface area contributed by atoms with Crippen LogP contribution in [-0.4, -0.2) is 14.5 Å². The van der Waals surface area contributed by atoms with E-state index in [4.69, 9.17) is 18.8 Å². The van der Waals surface area contributed by atoms with Crippen molar-refractivity contribution in [1.29, 1.82) is 0 Å². The molecule has 266 valence electrons. The molecule has 0 aliphatic carbocycles. The van der Waals surface area contributed by atoms with Gasteiger partial charge >= 0.3 is 0 Å². The summed E-state index contributed by atoms with van der Waals surface area (Å²) in [5, 5.41) is 6.29. The van der Waals surface area contributed by atoms with Crippen LogP contribution in [0, 0.1) is 0 Å². The molecule has 57 heavy (non-hydrogen) atoms. The fourth-order valence-corrected chi connectivity index (χ4v) is 8.61. The van der Waals surface area contributed by atoms with E-state index in [0.717, 1.165) is 83.1 Å². The molecule has 12 rings (SSSR count). The van der Waals surface area contributed by atoms with Gasteiger partial charge in [-0.3, -0.25) is 0 Å². The van der Waals surface area contributed by atoms with Gasteiger partial charge in [0.25, 0.3) is 0 Å². The maximum atomic E-state index is 6.54. The number of furan rings is 2. The molecule has 0 saturated carbocycles. The van der Waals surface area contributed by atoms with Crippen molar-refractivity contribution in [2.45, 2.75) is 0 Å². The molecule has 0 radical (unpaired) electrons. The van der Waals surface area contributed by atoms with Gasteiger partial charge in [0.15, 0.2) is 5.82 Å². The first-order valence-electron chi connectivity index (χ1n) is 19.1. The Bertz CT molecular complexity index is 3510. The first-order valence-corrected chi connectivity index (χ1v) is 19.1. The highest BCUT2D eigenvalue weighted by Gasteiger charge is 2.22. The SMILES string of the molecule is c1ccc(-c2ccc3oc4nc(-c5cccc6oc7ccc(-c8ccc9c(c8)c8ccccc8n9-c8ccccc8)cc7c56)nc(-c5ccccc5)c4c3c2)cc1. The fraction of sp³-hybridized carbons (Fsp3) is 0. The lowest BCUT2D eigenvalue weighted by Crippen LogP contribution is -1.94. The Morgan fingerprint density at radius 2 is 0.965 bits per heavy atom. The van der Waals surface area contributed by atoms with Gasteiger partial charge in [-0.25, -0.2) is 4.98 Å². The van der Waals surface area contributed by atoms with Crippen molar-refractivity contribution in [1.82, 2.24) is 14.5 Å². The second kappa shape index (κ2) is 12.4. The molecule has 5 heteroatoms. The van der Waals surface area contributed by atoms with E-state index in [1.54, 1.807) is 0 Å². The molecule has 0 bridgehead atoms. The molecule has 0 aliphatic heterocycles. The maximum Gasteiger partial charge on any atom is 0.231 e. The monoisotopic (exact) mass is 729 g/mol. The van der Waals surface area contributed by atoms with E-state index >= 15 is 0 Å². The Balaban J connectivity index is 1.05. The van der Waals surface area contributed by atoms with Gasteiger partial charge in [0, 0.05) is 43.7 Å². The van der Waals surface area contributed by atoms with Crippen LogP contribution in [0.2, 0.25) is 0 Å². The van der Waals surface area contributed by atoms with Crippen LogP contribution in [0.15, 0.2) is 197 Å². The quantitative estimate of drug-likeness (QED) is 0.177. The molecule has 0 spiro atoms. The number of rotatable bonds is 5. The third-order valence-corrected chi connectivity index (χ3v) is 11.2. The summed E-state index contributed by atoms with van der Waals surface area (Å²) in [6.45, 7) is 0. The highest BCUT2D eigenvalue weighted by molar-refractivity contribution is 6.16. The average Bonchev–Trinajstić information content (AvgIpc) is 3.95. The van der Waals surface area contributed by atoms with E-state index in [1.165, 1.54) is 21.8 Å². The number of benzene rings is 8. The van der Waals surface area contributed by atoms with E-state index in [1.807, 2.05) is 42.5 Å². The number of nitrogens with zero attached hydrogens (tertiary/aromatic N) is 3. The van der Waals surface area contributed by atoms with Gasteiger partial charge in [0.05, 0.1) is 22.1 Å². The van der Waals surface area contributed by atoms with E-state index in [-0.39, 0.29) is 0 Å². The van der Waals surface area contributed by atoms with Crippen molar-refractivity contribution in [3.63, 3.8) is 0 Å². The van der Waals surface area contributed by atoms with Gasteiger partial charge < -0.3 is 13.4 Å². The molecule has 0 aliphatic rings. The van der Waals surface area contributed by atoms with Crippen molar-refractivity contribution in [3.05, 3.63) is 188 Å². The van der Waals surface area contributed by atoms with Gasteiger partial charge in [0.1, 0.15) is 16.7 Å². The van der Waals surface area contributed by atoms with Crippen LogP contribution in [0.5, 0.6) is 0 Å². The Labute approximate surface area is 326 Å². The molecule has 0 fully saturated rings. The topological polar surface area (TPSA) is 57.0 Å². The molecule has 4 aromatic heterocycles. The van der Waals surface area contributed by atoms with Gasteiger partial charge in [-0.15, -0.1) is 0 Å². The third-order valence-electron chi connectivity index (χ3n) is 11.2. The summed E-state index contributed by atoms with van der Waals surface area (Å²) < 4.78 is 15.4. The zero-order valence-corrected chi connectivity index (χ0v) is 30.6. The van der Waals surface area contributed by atoms with Crippen molar-refractivity contribution in [3.8, 4) is 50.6 Å². The predicted molar refractivity (Wildman–Crippen MR) is 233 cm³/mol. The Hall–Kier alpha value is -7.76. The molecule has 5 nitrogen and oxygen atoms in total. The highest BCUT2D eigenvalue weighted by Crippen LogP contribution is 2.42. The first-order chi connectivity index (χ1) is 28.2. The second-order valence-electron chi connectivity index (χ2n) is 14.5. The number of fused-ring (bicyclic) bond motifs is 9. The molecule has 0 unspecified atom stereocenters. The highest BCUT2D eigenvalue weighted by atomic mass is 16.3. The van der Waals surface area contributed by atoms with Crippen LogP contribution in [0.25, 0.3) is 116 Å². The van der Waals surface area contributed by atoms with Gasteiger partial charge in [-0.05, 0) is 82.9 Å². The largest absolute Gasteiger partial charge is 0.456 e. The van der Waals surface area contributed by atoms with Gasteiger partial charge in [-0.1, -0.05) is 127 Å². The molecule has 0 amide bonds. The van der Waals surface area contributed by atoms with Crippen LogP contribution in [0.3, 0.4) is 0 Å². The summed E-state index contributed by atoms with van der Waals surface area (Å²) >= 11 is 0. The van der Waals surface area contributed by atoms with Crippen LogP contribution in [-0.2, 0) is 0 Å². The normalized spacial score (nSPS) is 11.9. The van der Waals surface area contributed by atoms with E-state index < -0.39 is 0 Å². The molecule has 0 atom stereocenters. The molecule has 4 heterocycles. The van der Waals surface area contributed by atoms with Gasteiger partial charge in [-0.2, -0.15) is 4.98 Å². The molecular formula is C52H31N3O2. The van der Waals surface area contributed by atoms with E-state index in [2.05, 4.69) is 150 Å².